The molecule has 1 N–H and O–H groups in total. The van der Waals surface area contributed by atoms with E-state index in [-0.39, 0.29) is 0 Å². The van der Waals surface area contributed by atoms with Gasteiger partial charge in [0.2, 0.25) is 0 Å². The van der Waals surface area contributed by atoms with Gasteiger partial charge in [0.1, 0.15) is 0 Å². The van der Waals surface area contributed by atoms with Crippen molar-refractivity contribution in [1.29, 1.82) is 0 Å². The third-order valence-electron chi connectivity index (χ3n) is 4.34. The SMILES string of the molecule is CCCCNCCOCCOCCOCCN1CCN(CC)CC1. The van der Waals surface area contributed by atoms with Gasteiger partial charge in [0.05, 0.1) is 39.6 Å². The fourth-order valence-corrected chi connectivity index (χ4v) is 2.64. The minimum atomic E-state index is 0.650. The molecule has 0 spiro atoms. The molecule has 1 heterocycles. The maximum atomic E-state index is 5.64. The molecule has 1 fully saturated rings. The molecule has 1 rings (SSSR count). The Bertz CT molecular complexity index is 262. The van der Waals surface area contributed by atoms with E-state index in [9.17, 15) is 0 Å². The van der Waals surface area contributed by atoms with Crippen molar-refractivity contribution in [2.75, 3.05) is 92.0 Å². The van der Waals surface area contributed by atoms with Crippen LogP contribution in [0.5, 0.6) is 0 Å². The lowest BCUT2D eigenvalue weighted by Gasteiger charge is -2.33. The quantitative estimate of drug-likeness (QED) is 0.422. The van der Waals surface area contributed by atoms with E-state index in [1.54, 1.807) is 0 Å². The van der Waals surface area contributed by atoms with Gasteiger partial charge in [-0.1, -0.05) is 20.3 Å². The van der Waals surface area contributed by atoms with Crippen molar-refractivity contribution < 1.29 is 14.2 Å². The lowest BCUT2D eigenvalue weighted by Crippen LogP contribution is -2.47. The molecule has 0 bridgehead atoms. The van der Waals surface area contributed by atoms with Gasteiger partial charge in [-0.15, -0.1) is 0 Å². The summed E-state index contributed by atoms with van der Waals surface area (Å²) >= 11 is 0. The molecule has 6 nitrogen and oxygen atoms in total. The van der Waals surface area contributed by atoms with Gasteiger partial charge in [-0.05, 0) is 19.5 Å². The number of piperazine rings is 1. The van der Waals surface area contributed by atoms with Crippen LogP contribution in [0.15, 0.2) is 0 Å². The third-order valence-corrected chi connectivity index (χ3v) is 4.34. The van der Waals surface area contributed by atoms with Crippen molar-refractivity contribution in [1.82, 2.24) is 15.1 Å². The number of nitrogens with zero attached hydrogens (tertiary/aromatic N) is 2. The van der Waals surface area contributed by atoms with E-state index in [2.05, 4.69) is 29.0 Å². The van der Waals surface area contributed by atoms with Gasteiger partial charge in [-0.3, -0.25) is 4.90 Å². The molecule has 1 aliphatic heterocycles. The summed E-state index contributed by atoms with van der Waals surface area (Å²) in [6.07, 6.45) is 2.47. The molecule has 0 aromatic carbocycles. The average molecular weight is 346 g/mol. The topological polar surface area (TPSA) is 46.2 Å². The van der Waals surface area contributed by atoms with Crippen LogP contribution < -0.4 is 5.32 Å². The largest absolute Gasteiger partial charge is 0.378 e. The second-order valence-corrected chi connectivity index (χ2v) is 6.22. The summed E-state index contributed by atoms with van der Waals surface area (Å²) in [7, 11) is 0. The molecule has 0 unspecified atom stereocenters. The average Bonchev–Trinajstić information content (AvgIpc) is 2.62. The summed E-state index contributed by atoms with van der Waals surface area (Å²) in [6.45, 7) is 17.6. The normalized spacial score (nSPS) is 16.8. The molecule has 1 aliphatic rings. The van der Waals surface area contributed by atoms with E-state index in [4.69, 9.17) is 14.2 Å². The number of unbranched alkanes of at least 4 members (excludes halogenated alkanes) is 1. The first kappa shape index (κ1) is 21.8. The maximum absolute atomic E-state index is 5.64. The fourth-order valence-electron chi connectivity index (χ4n) is 2.64. The van der Waals surface area contributed by atoms with Crippen LogP contribution in [-0.4, -0.2) is 102 Å². The molecule has 144 valence electrons. The van der Waals surface area contributed by atoms with E-state index < -0.39 is 0 Å². The van der Waals surface area contributed by atoms with Crippen molar-refractivity contribution in [2.45, 2.75) is 26.7 Å². The van der Waals surface area contributed by atoms with Crippen LogP contribution in [0.2, 0.25) is 0 Å². The van der Waals surface area contributed by atoms with Crippen LogP contribution >= 0.6 is 0 Å². The number of hydrogen-bond acceptors (Lipinski definition) is 6. The Morgan fingerprint density at radius 3 is 1.92 bits per heavy atom. The van der Waals surface area contributed by atoms with Crippen LogP contribution in [0, 0.1) is 0 Å². The zero-order chi connectivity index (χ0) is 17.3. The molecule has 0 aromatic rings. The second kappa shape index (κ2) is 16.2. The maximum Gasteiger partial charge on any atom is 0.0701 e. The van der Waals surface area contributed by atoms with Gasteiger partial charge < -0.3 is 24.4 Å². The first-order chi connectivity index (χ1) is 11.9. The van der Waals surface area contributed by atoms with Crippen molar-refractivity contribution in [3.05, 3.63) is 0 Å². The fraction of sp³-hybridized carbons (Fsp3) is 1.00. The highest BCUT2D eigenvalue weighted by Crippen LogP contribution is 2.00. The molecule has 24 heavy (non-hydrogen) atoms. The molecule has 0 amide bonds. The number of rotatable bonds is 16. The van der Waals surface area contributed by atoms with E-state index in [0.717, 1.165) is 32.8 Å². The smallest absolute Gasteiger partial charge is 0.0701 e. The Morgan fingerprint density at radius 2 is 1.29 bits per heavy atom. The molecule has 0 radical (unpaired) electrons. The summed E-state index contributed by atoms with van der Waals surface area (Å²) < 4.78 is 16.6. The van der Waals surface area contributed by atoms with Crippen molar-refractivity contribution in [3.63, 3.8) is 0 Å². The highest BCUT2D eigenvalue weighted by molar-refractivity contribution is 4.70. The molecule has 6 heteroatoms. The first-order valence-corrected chi connectivity index (χ1v) is 9.75. The van der Waals surface area contributed by atoms with Gasteiger partial charge in [-0.2, -0.15) is 0 Å². The summed E-state index contributed by atoms with van der Waals surface area (Å²) in [4.78, 5) is 4.98. The van der Waals surface area contributed by atoms with Gasteiger partial charge in [0.25, 0.3) is 0 Å². The summed E-state index contributed by atoms with van der Waals surface area (Å²) in [5, 5.41) is 3.35. The predicted octanol–water partition coefficient (Wildman–Crippen LogP) is 1.06. The van der Waals surface area contributed by atoms with E-state index in [1.807, 2.05) is 0 Å². The van der Waals surface area contributed by atoms with E-state index in [1.165, 1.54) is 45.6 Å². The highest BCUT2D eigenvalue weighted by atomic mass is 16.5. The molecule has 0 aromatic heterocycles. The first-order valence-electron chi connectivity index (χ1n) is 9.75. The minimum Gasteiger partial charge on any atom is -0.378 e. The standard InChI is InChI=1S/C18H39N3O3/c1-3-5-6-19-7-13-22-15-17-24-18-16-23-14-12-21-10-8-20(4-2)9-11-21/h19H,3-18H2,1-2H3. The van der Waals surface area contributed by atoms with E-state index in [0.29, 0.717) is 26.4 Å². The summed E-state index contributed by atoms with van der Waals surface area (Å²) in [6, 6.07) is 0. The lowest BCUT2D eigenvalue weighted by molar-refractivity contribution is 0.00855. The molecule has 0 atom stereocenters. The van der Waals surface area contributed by atoms with Crippen molar-refractivity contribution >= 4 is 0 Å². The number of nitrogens with one attached hydrogen (secondary N) is 1. The Kier molecular flexibility index (Phi) is 14.8. The number of likely N-dealkylation sites (N-methyl/N-ethyl adjacent to an activating group) is 1. The molecule has 1 saturated heterocycles. The zero-order valence-corrected chi connectivity index (χ0v) is 15.9. The molecule has 0 aliphatic carbocycles. The molecule has 0 saturated carbocycles. The number of ether oxygens (including phenoxy) is 3. The monoisotopic (exact) mass is 345 g/mol. The van der Waals surface area contributed by atoms with E-state index >= 15 is 0 Å². The highest BCUT2D eigenvalue weighted by Gasteiger charge is 2.14. The molecular formula is C18H39N3O3. The van der Waals surface area contributed by atoms with Crippen LogP contribution in [0.1, 0.15) is 26.7 Å². The molecular weight excluding hydrogens is 306 g/mol. The summed E-state index contributed by atoms with van der Waals surface area (Å²) in [5.74, 6) is 0. The van der Waals surface area contributed by atoms with Gasteiger partial charge in [0.15, 0.2) is 0 Å². The van der Waals surface area contributed by atoms with Gasteiger partial charge >= 0.3 is 0 Å². The second-order valence-electron chi connectivity index (χ2n) is 6.22. The Morgan fingerprint density at radius 1 is 0.708 bits per heavy atom. The van der Waals surface area contributed by atoms with Crippen LogP contribution in [-0.2, 0) is 14.2 Å². The van der Waals surface area contributed by atoms with Crippen LogP contribution in [0.25, 0.3) is 0 Å². The lowest BCUT2D eigenvalue weighted by atomic mass is 10.3. The van der Waals surface area contributed by atoms with Crippen molar-refractivity contribution in [3.8, 4) is 0 Å². The van der Waals surface area contributed by atoms with Crippen LogP contribution in [0.3, 0.4) is 0 Å². The van der Waals surface area contributed by atoms with Gasteiger partial charge in [0, 0.05) is 39.3 Å². The number of hydrogen-bond donors (Lipinski definition) is 1. The minimum absolute atomic E-state index is 0.650. The van der Waals surface area contributed by atoms with Crippen molar-refractivity contribution in [2.24, 2.45) is 0 Å². The Hall–Kier alpha value is -0.240. The Balaban J connectivity index is 1.72. The van der Waals surface area contributed by atoms with Gasteiger partial charge in [-0.25, -0.2) is 0 Å². The Labute approximate surface area is 148 Å². The third kappa shape index (κ3) is 12.2. The predicted molar refractivity (Wildman–Crippen MR) is 98.8 cm³/mol. The van der Waals surface area contributed by atoms with Crippen LogP contribution in [0.4, 0.5) is 0 Å². The zero-order valence-electron chi connectivity index (χ0n) is 15.9. The summed E-state index contributed by atoms with van der Waals surface area (Å²) in [5.41, 5.74) is 0.